The summed E-state index contributed by atoms with van der Waals surface area (Å²) in [4.78, 5) is 22.4. The summed E-state index contributed by atoms with van der Waals surface area (Å²) >= 11 is 1.01. The number of carboxylic acids is 1. The zero-order chi connectivity index (χ0) is 13.8. The second-order valence-electron chi connectivity index (χ2n) is 3.85. The Hall–Kier alpha value is -2.02. The average Bonchev–Trinajstić information content (AvgIpc) is 2.77. The van der Waals surface area contributed by atoms with Gasteiger partial charge in [-0.25, -0.2) is 14.5 Å². The summed E-state index contributed by atoms with van der Waals surface area (Å²) in [7, 11) is 0. The van der Waals surface area contributed by atoms with Crippen molar-refractivity contribution in [2.75, 3.05) is 5.75 Å². The predicted molar refractivity (Wildman–Crippen MR) is 71.9 cm³/mol. The zero-order valence-electron chi connectivity index (χ0n) is 10.3. The molecule has 2 aromatic rings. The lowest BCUT2D eigenvalue weighted by atomic mass is 10.1. The number of carboxylic acid groups (broad SMARTS) is 1. The lowest BCUT2D eigenvalue weighted by Gasteiger charge is -2.06. The quantitative estimate of drug-likeness (QED) is 0.805. The average molecular weight is 279 g/mol. The van der Waals surface area contributed by atoms with Crippen molar-refractivity contribution in [1.29, 1.82) is 0 Å². The van der Waals surface area contributed by atoms with Gasteiger partial charge < -0.3 is 5.11 Å². The van der Waals surface area contributed by atoms with Crippen LogP contribution < -0.4 is 5.69 Å². The Morgan fingerprint density at radius 3 is 3.00 bits per heavy atom. The lowest BCUT2D eigenvalue weighted by Crippen LogP contribution is -2.16. The molecule has 1 heterocycles. The topological polar surface area (TPSA) is 88.0 Å². The summed E-state index contributed by atoms with van der Waals surface area (Å²) in [6.07, 6.45) is 0.859. The van der Waals surface area contributed by atoms with E-state index in [0.29, 0.717) is 10.8 Å². The number of benzene rings is 1. The molecule has 2 rings (SSSR count). The molecule has 0 aliphatic rings. The number of thioether (sulfide) groups is 1. The number of carbonyl (C=O) groups is 1. The van der Waals surface area contributed by atoms with Gasteiger partial charge in [-0.3, -0.25) is 4.79 Å². The van der Waals surface area contributed by atoms with Crippen molar-refractivity contribution in [3.8, 4) is 5.69 Å². The second kappa shape index (κ2) is 5.75. The van der Waals surface area contributed by atoms with E-state index < -0.39 is 5.97 Å². The summed E-state index contributed by atoms with van der Waals surface area (Å²) in [6, 6.07) is 7.51. The van der Waals surface area contributed by atoms with Crippen LogP contribution in [0, 0.1) is 0 Å². The first kappa shape index (κ1) is 13.4. The highest BCUT2D eigenvalue weighted by atomic mass is 32.2. The SMILES string of the molecule is CCc1cccc(-n2c(SCC(=O)O)n[nH]c2=O)c1. The molecule has 0 bridgehead atoms. The molecule has 0 atom stereocenters. The van der Waals surface area contributed by atoms with E-state index in [1.54, 1.807) is 6.07 Å². The van der Waals surface area contributed by atoms with Crippen LogP contribution >= 0.6 is 11.8 Å². The normalized spacial score (nSPS) is 10.6. The van der Waals surface area contributed by atoms with Crippen molar-refractivity contribution in [3.05, 3.63) is 40.3 Å². The predicted octanol–water partition coefficient (Wildman–Crippen LogP) is 1.30. The Morgan fingerprint density at radius 2 is 2.32 bits per heavy atom. The highest BCUT2D eigenvalue weighted by Crippen LogP contribution is 2.18. The molecule has 0 aliphatic heterocycles. The lowest BCUT2D eigenvalue weighted by molar-refractivity contribution is -0.133. The number of nitrogens with zero attached hydrogens (tertiary/aromatic N) is 2. The first-order valence-corrected chi connectivity index (χ1v) is 6.71. The van der Waals surface area contributed by atoms with E-state index in [4.69, 9.17) is 5.11 Å². The molecule has 7 heteroatoms. The Bertz CT molecular complexity index is 648. The number of hydrogen-bond donors (Lipinski definition) is 2. The van der Waals surface area contributed by atoms with Crippen molar-refractivity contribution < 1.29 is 9.90 Å². The first-order chi connectivity index (χ1) is 9.11. The monoisotopic (exact) mass is 279 g/mol. The molecule has 0 radical (unpaired) electrons. The summed E-state index contributed by atoms with van der Waals surface area (Å²) in [5.74, 6) is -1.09. The van der Waals surface area contributed by atoms with Crippen LogP contribution in [0.25, 0.3) is 5.69 Å². The van der Waals surface area contributed by atoms with E-state index >= 15 is 0 Å². The van der Waals surface area contributed by atoms with E-state index in [1.165, 1.54) is 4.57 Å². The van der Waals surface area contributed by atoms with E-state index in [-0.39, 0.29) is 11.4 Å². The molecule has 6 nitrogen and oxygen atoms in total. The third-order valence-corrected chi connectivity index (χ3v) is 3.47. The largest absolute Gasteiger partial charge is 0.481 e. The Kier molecular flexibility index (Phi) is 4.06. The van der Waals surface area contributed by atoms with Crippen molar-refractivity contribution in [1.82, 2.24) is 14.8 Å². The van der Waals surface area contributed by atoms with Crippen molar-refractivity contribution in [2.45, 2.75) is 18.5 Å². The Morgan fingerprint density at radius 1 is 1.53 bits per heavy atom. The van der Waals surface area contributed by atoms with E-state index in [9.17, 15) is 9.59 Å². The zero-order valence-corrected chi connectivity index (χ0v) is 11.1. The molecule has 100 valence electrons. The minimum Gasteiger partial charge on any atom is -0.481 e. The molecule has 0 spiro atoms. The van der Waals surface area contributed by atoms with Crippen LogP contribution in [0.2, 0.25) is 0 Å². The van der Waals surface area contributed by atoms with Gasteiger partial charge in [-0.1, -0.05) is 30.8 Å². The van der Waals surface area contributed by atoms with Gasteiger partial charge in [0.1, 0.15) is 0 Å². The van der Waals surface area contributed by atoms with Gasteiger partial charge in [0.05, 0.1) is 11.4 Å². The number of hydrogen-bond acceptors (Lipinski definition) is 4. The minimum atomic E-state index is -0.950. The van der Waals surface area contributed by atoms with Crippen LogP contribution in [0.5, 0.6) is 0 Å². The third kappa shape index (κ3) is 3.05. The molecular formula is C12H13N3O3S. The van der Waals surface area contributed by atoms with Gasteiger partial charge in [-0.05, 0) is 24.1 Å². The fourth-order valence-electron chi connectivity index (χ4n) is 1.65. The fourth-order valence-corrected chi connectivity index (χ4v) is 2.33. The smallest absolute Gasteiger partial charge is 0.348 e. The molecular weight excluding hydrogens is 266 g/mol. The van der Waals surface area contributed by atoms with Gasteiger partial charge in [-0.15, -0.1) is 5.10 Å². The van der Waals surface area contributed by atoms with Gasteiger partial charge >= 0.3 is 11.7 Å². The molecule has 0 amide bonds. The maximum Gasteiger partial charge on any atom is 0.348 e. The maximum atomic E-state index is 11.8. The number of rotatable bonds is 5. The molecule has 1 aromatic heterocycles. The fraction of sp³-hybridized carbons (Fsp3) is 0.250. The minimum absolute atomic E-state index is 0.141. The molecule has 0 saturated carbocycles. The number of aromatic amines is 1. The first-order valence-electron chi connectivity index (χ1n) is 5.73. The standard InChI is InChI=1S/C12H13N3O3S/c1-2-8-4-3-5-9(6-8)15-11(18)13-14-12(15)19-7-10(16)17/h3-6H,2,7H2,1H3,(H,13,18)(H,16,17). The maximum absolute atomic E-state index is 11.8. The number of aliphatic carboxylic acids is 1. The molecule has 19 heavy (non-hydrogen) atoms. The van der Waals surface area contributed by atoms with Crippen LogP contribution in [0.4, 0.5) is 0 Å². The molecule has 0 saturated heterocycles. The molecule has 1 aromatic carbocycles. The summed E-state index contributed by atoms with van der Waals surface area (Å²) in [5.41, 5.74) is 1.41. The second-order valence-corrected chi connectivity index (χ2v) is 4.80. The third-order valence-electron chi connectivity index (χ3n) is 2.54. The van der Waals surface area contributed by atoms with E-state index in [2.05, 4.69) is 10.2 Å². The van der Waals surface area contributed by atoms with Crippen LogP contribution in [-0.4, -0.2) is 31.6 Å². The summed E-state index contributed by atoms with van der Waals surface area (Å²) in [6.45, 7) is 2.03. The van der Waals surface area contributed by atoms with Gasteiger partial charge in [0.15, 0.2) is 5.16 Å². The van der Waals surface area contributed by atoms with Gasteiger partial charge in [0.25, 0.3) is 0 Å². The molecule has 2 N–H and O–H groups in total. The number of aryl methyl sites for hydroxylation is 1. The van der Waals surface area contributed by atoms with Crippen LogP contribution in [-0.2, 0) is 11.2 Å². The Balaban J connectivity index is 2.40. The highest BCUT2D eigenvalue weighted by Gasteiger charge is 2.12. The number of aromatic nitrogens is 3. The van der Waals surface area contributed by atoms with E-state index in [0.717, 1.165) is 23.7 Å². The van der Waals surface area contributed by atoms with Crippen molar-refractivity contribution in [3.63, 3.8) is 0 Å². The summed E-state index contributed by atoms with van der Waals surface area (Å²) < 4.78 is 1.38. The molecule has 0 unspecified atom stereocenters. The van der Waals surface area contributed by atoms with Gasteiger partial charge in [0, 0.05) is 0 Å². The highest BCUT2D eigenvalue weighted by molar-refractivity contribution is 7.99. The number of H-pyrrole nitrogens is 1. The molecule has 0 aliphatic carbocycles. The van der Waals surface area contributed by atoms with Gasteiger partial charge in [0.2, 0.25) is 0 Å². The number of nitrogens with one attached hydrogen (secondary N) is 1. The van der Waals surface area contributed by atoms with Crippen molar-refractivity contribution >= 4 is 17.7 Å². The van der Waals surface area contributed by atoms with Gasteiger partial charge in [-0.2, -0.15) is 0 Å². The Labute approximate surface area is 113 Å². The van der Waals surface area contributed by atoms with Crippen molar-refractivity contribution in [2.24, 2.45) is 0 Å². The van der Waals surface area contributed by atoms with Crippen LogP contribution in [0.1, 0.15) is 12.5 Å². The molecule has 0 fully saturated rings. The van der Waals surface area contributed by atoms with Crippen LogP contribution in [0.3, 0.4) is 0 Å². The van der Waals surface area contributed by atoms with Crippen LogP contribution in [0.15, 0.2) is 34.2 Å². The van der Waals surface area contributed by atoms with E-state index in [1.807, 2.05) is 25.1 Å². The summed E-state index contributed by atoms with van der Waals surface area (Å²) in [5, 5.41) is 15.2.